The molecule has 0 aromatic heterocycles. The van der Waals surface area contributed by atoms with Gasteiger partial charge in [-0.15, -0.1) is 0 Å². The van der Waals surface area contributed by atoms with Crippen molar-refractivity contribution in [3.63, 3.8) is 0 Å². The molecule has 3 aromatic carbocycles. The Hall–Kier alpha value is -3.57. The molecule has 4 rings (SSSR count). The fraction of sp³-hybridized carbons (Fsp3) is 0.120. The average molecular weight is 433 g/mol. The number of halogens is 1. The lowest BCUT2D eigenvalue weighted by Gasteiger charge is -2.18. The lowest BCUT2D eigenvalue weighted by atomic mass is 10.0. The first-order valence-electron chi connectivity index (χ1n) is 9.77. The number of methoxy groups -OCH3 is 1. The lowest BCUT2D eigenvalue weighted by molar-refractivity contribution is -0.120. The number of nitrogens with one attached hydrogen (secondary N) is 1. The molecule has 0 atom stereocenters. The zero-order valence-corrected chi connectivity index (χ0v) is 18.2. The van der Waals surface area contributed by atoms with Gasteiger partial charge >= 0.3 is 0 Å². The average Bonchev–Trinajstić information content (AvgIpc) is 3.00. The lowest BCUT2D eigenvalue weighted by Crippen LogP contribution is -2.32. The fourth-order valence-electron chi connectivity index (χ4n) is 3.53. The van der Waals surface area contributed by atoms with Gasteiger partial charge in [-0.25, -0.2) is 4.90 Å². The van der Waals surface area contributed by atoms with Crippen molar-refractivity contribution in [1.29, 1.82) is 0 Å². The largest absolute Gasteiger partial charge is 0.495 e. The molecule has 1 aliphatic heterocycles. The van der Waals surface area contributed by atoms with Crippen LogP contribution in [0.1, 0.15) is 16.7 Å². The van der Waals surface area contributed by atoms with E-state index in [4.69, 9.17) is 16.3 Å². The summed E-state index contributed by atoms with van der Waals surface area (Å²) < 4.78 is 5.40. The van der Waals surface area contributed by atoms with Crippen molar-refractivity contribution in [1.82, 2.24) is 0 Å². The van der Waals surface area contributed by atoms with Crippen LogP contribution in [0.4, 0.5) is 11.4 Å². The van der Waals surface area contributed by atoms with E-state index in [1.54, 1.807) is 36.4 Å². The molecule has 0 unspecified atom stereocenters. The van der Waals surface area contributed by atoms with Crippen molar-refractivity contribution in [2.24, 2.45) is 0 Å². The minimum atomic E-state index is -0.454. The predicted octanol–water partition coefficient (Wildman–Crippen LogP) is 5.36. The van der Waals surface area contributed by atoms with Gasteiger partial charge in [0.2, 0.25) is 0 Å². The number of ether oxygens (including phenoxy) is 1. The number of nitrogens with zero attached hydrogens (tertiary/aromatic N) is 1. The molecule has 156 valence electrons. The molecule has 2 amide bonds. The molecule has 0 bridgehead atoms. The van der Waals surface area contributed by atoms with Crippen LogP contribution < -0.4 is 15.0 Å². The fourth-order valence-corrected chi connectivity index (χ4v) is 3.70. The van der Waals surface area contributed by atoms with Gasteiger partial charge in [0.1, 0.15) is 11.4 Å². The second-order valence-corrected chi connectivity index (χ2v) is 7.75. The number of benzene rings is 3. The third-order valence-electron chi connectivity index (χ3n) is 5.21. The van der Waals surface area contributed by atoms with Crippen LogP contribution in [0.3, 0.4) is 0 Å². The van der Waals surface area contributed by atoms with Crippen LogP contribution in [0.15, 0.2) is 72.4 Å². The molecule has 5 nitrogen and oxygen atoms in total. The van der Waals surface area contributed by atoms with Crippen molar-refractivity contribution in [3.05, 3.63) is 94.1 Å². The quantitative estimate of drug-likeness (QED) is 0.551. The van der Waals surface area contributed by atoms with Crippen LogP contribution in [0.25, 0.3) is 5.57 Å². The Morgan fingerprint density at radius 3 is 2.32 bits per heavy atom. The molecular weight excluding hydrogens is 412 g/mol. The van der Waals surface area contributed by atoms with Crippen LogP contribution >= 0.6 is 11.6 Å². The second-order valence-electron chi connectivity index (χ2n) is 7.32. The Kier molecular flexibility index (Phi) is 5.53. The summed E-state index contributed by atoms with van der Waals surface area (Å²) in [4.78, 5) is 28.2. The SMILES string of the molecule is COc1ccccc1N1C(=O)C(Nc2cc(Cl)ccc2C)=C(c2ccc(C)cc2)C1=O. The second kappa shape index (κ2) is 8.28. The molecule has 1 N–H and O–H groups in total. The van der Waals surface area contributed by atoms with Gasteiger partial charge in [-0.05, 0) is 49.2 Å². The first-order valence-corrected chi connectivity index (χ1v) is 10.1. The molecule has 0 fully saturated rings. The number of aryl methyl sites for hydroxylation is 2. The molecule has 0 aliphatic carbocycles. The number of imide groups is 1. The molecule has 6 heteroatoms. The van der Waals surface area contributed by atoms with Crippen LogP contribution in [0.5, 0.6) is 5.75 Å². The van der Waals surface area contributed by atoms with E-state index in [0.717, 1.165) is 16.0 Å². The monoisotopic (exact) mass is 432 g/mol. The minimum absolute atomic E-state index is 0.199. The maximum atomic E-state index is 13.5. The van der Waals surface area contributed by atoms with E-state index in [1.807, 2.05) is 44.2 Å². The van der Waals surface area contributed by atoms with E-state index < -0.39 is 11.8 Å². The smallest absolute Gasteiger partial charge is 0.282 e. The van der Waals surface area contributed by atoms with E-state index in [0.29, 0.717) is 33.3 Å². The molecule has 0 spiro atoms. The summed E-state index contributed by atoms with van der Waals surface area (Å²) in [7, 11) is 1.51. The van der Waals surface area contributed by atoms with Gasteiger partial charge in [0, 0.05) is 10.7 Å². The highest BCUT2D eigenvalue weighted by atomic mass is 35.5. The predicted molar refractivity (Wildman–Crippen MR) is 123 cm³/mol. The maximum absolute atomic E-state index is 13.5. The number of carbonyl (C=O) groups is 2. The Labute approximate surface area is 185 Å². The summed E-state index contributed by atoms with van der Waals surface area (Å²) in [5.74, 6) is -0.433. The van der Waals surface area contributed by atoms with Crippen molar-refractivity contribution in [2.45, 2.75) is 13.8 Å². The van der Waals surface area contributed by atoms with Crippen molar-refractivity contribution >= 4 is 40.4 Å². The van der Waals surface area contributed by atoms with E-state index in [9.17, 15) is 9.59 Å². The summed E-state index contributed by atoms with van der Waals surface area (Å²) in [6.07, 6.45) is 0. The summed E-state index contributed by atoms with van der Waals surface area (Å²) in [6.45, 7) is 3.87. The molecule has 31 heavy (non-hydrogen) atoms. The third-order valence-corrected chi connectivity index (χ3v) is 5.44. The van der Waals surface area contributed by atoms with Crippen LogP contribution in [-0.4, -0.2) is 18.9 Å². The Morgan fingerprint density at radius 1 is 0.903 bits per heavy atom. The number of hydrogen-bond donors (Lipinski definition) is 1. The molecule has 1 heterocycles. The van der Waals surface area contributed by atoms with Gasteiger partial charge in [0.25, 0.3) is 11.8 Å². The van der Waals surface area contributed by atoms with Gasteiger partial charge in [0.05, 0.1) is 18.4 Å². The van der Waals surface area contributed by atoms with Crippen LogP contribution in [-0.2, 0) is 9.59 Å². The first-order chi connectivity index (χ1) is 14.9. The highest BCUT2D eigenvalue weighted by Crippen LogP contribution is 2.38. The molecular formula is C25H21ClN2O3. The van der Waals surface area contributed by atoms with Gasteiger partial charge in [-0.2, -0.15) is 0 Å². The van der Waals surface area contributed by atoms with Gasteiger partial charge < -0.3 is 10.1 Å². The maximum Gasteiger partial charge on any atom is 0.282 e. The highest BCUT2D eigenvalue weighted by molar-refractivity contribution is 6.46. The van der Waals surface area contributed by atoms with Gasteiger partial charge in [0.15, 0.2) is 0 Å². The van der Waals surface area contributed by atoms with Crippen LogP contribution in [0, 0.1) is 13.8 Å². The first kappa shape index (κ1) is 20.7. The Bertz CT molecular complexity index is 1220. The minimum Gasteiger partial charge on any atom is -0.495 e. The van der Waals surface area contributed by atoms with Crippen molar-refractivity contribution in [2.75, 3.05) is 17.3 Å². The van der Waals surface area contributed by atoms with E-state index in [-0.39, 0.29) is 5.70 Å². The molecule has 0 saturated carbocycles. The summed E-state index contributed by atoms with van der Waals surface area (Å²) in [5, 5.41) is 3.70. The zero-order chi connectivity index (χ0) is 22.1. The highest BCUT2D eigenvalue weighted by Gasteiger charge is 2.41. The third kappa shape index (κ3) is 3.80. The van der Waals surface area contributed by atoms with Gasteiger partial charge in [-0.1, -0.05) is 59.6 Å². The molecule has 0 saturated heterocycles. The van der Waals surface area contributed by atoms with E-state index in [1.165, 1.54) is 7.11 Å². The molecule has 3 aromatic rings. The van der Waals surface area contributed by atoms with Crippen molar-refractivity contribution < 1.29 is 14.3 Å². The van der Waals surface area contributed by atoms with E-state index in [2.05, 4.69) is 5.32 Å². The number of amides is 2. The molecule has 1 aliphatic rings. The zero-order valence-electron chi connectivity index (χ0n) is 17.4. The van der Waals surface area contributed by atoms with E-state index >= 15 is 0 Å². The summed E-state index contributed by atoms with van der Waals surface area (Å²) >= 11 is 6.17. The Morgan fingerprint density at radius 2 is 1.61 bits per heavy atom. The molecule has 0 radical (unpaired) electrons. The Balaban J connectivity index is 1.87. The summed E-state index contributed by atoms with van der Waals surface area (Å²) in [5.41, 5.74) is 4.17. The standard InChI is InChI=1S/C25H21ClN2O3/c1-15-8-11-17(12-9-15)22-23(27-19-14-18(26)13-10-16(19)2)25(30)28(24(22)29)20-6-4-5-7-21(20)31-3/h4-14,27H,1-3H3. The number of rotatable bonds is 5. The topological polar surface area (TPSA) is 58.6 Å². The van der Waals surface area contributed by atoms with Crippen LogP contribution in [0.2, 0.25) is 5.02 Å². The number of carbonyl (C=O) groups excluding carboxylic acids is 2. The van der Waals surface area contributed by atoms with Crippen molar-refractivity contribution in [3.8, 4) is 5.75 Å². The number of hydrogen-bond acceptors (Lipinski definition) is 4. The number of anilines is 2. The number of para-hydroxylation sites is 2. The normalized spacial score (nSPS) is 13.7. The summed E-state index contributed by atoms with van der Waals surface area (Å²) in [6, 6.07) is 19.8. The van der Waals surface area contributed by atoms with Gasteiger partial charge in [-0.3, -0.25) is 9.59 Å².